The molecule has 0 fully saturated rings. The Morgan fingerprint density at radius 3 is 2.88 bits per heavy atom. The maximum atomic E-state index is 9.25. The van der Waals surface area contributed by atoms with Gasteiger partial charge in [0, 0.05) is 37.1 Å². The predicted octanol–water partition coefficient (Wildman–Crippen LogP) is 4.62. The van der Waals surface area contributed by atoms with E-state index in [-0.39, 0.29) is 1.43 Å². The second kappa shape index (κ2) is 6.67. The van der Waals surface area contributed by atoms with Crippen molar-refractivity contribution >= 4 is 11.3 Å². The summed E-state index contributed by atoms with van der Waals surface area (Å²) >= 11 is 0. The third-order valence-electron chi connectivity index (χ3n) is 4.33. The number of hydrogen-bond acceptors (Lipinski definition) is 3. The molecular formula is C20H23N3O. The molecular weight excluding hydrogens is 298 g/mol. The van der Waals surface area contributed by atoms with Crippen LogP contribution in [-0.2, 0) is 0 Å². The van der Waals surface area contributed by atoms with E-state index in [4.69, 9.17) is 4.74 Å². The summed E-state index contributed by atoms with van der Waals surface area (Å²) in [6.45, 7) is 7.32. The van der Waals surface area contributed by atoms with E-state index in [1.54, 1.807) is 13.2 Å². The maximum Gasteiger partial charge on any atom is 0.126 e. The molecule has 0 radical (unpaired) electrons. The van der Waals surface area contributed by atoms with Gasteiger partial charge in [0.15, 0.2) is 0 Å². The molecule has 1 aromatic carbocycles. The van der Waals surface area contributed by atoms with Crippen molar-refractivity contribution in [1.29, 1.82) is 5.26 Å². The van der Waals surface area contributed by atoms with Crippen LogP contribution in [0.3, 0.4) is 0 Å². The minimum atomic E-state index is 0. The smallest absolute Gasteiger partial charge is 0.126 e. The van der Waals surface area contributed by atoms with Crippen LogP contribution in [0, 0.1) is 11.3 Å². The molecule has 0 unspecified atom stereocenters. The van der Waals surface area contributed by atoms with Crippen LogP contribution in [0.5, 0.6) is 5.75 Å². The average molecular weight is 321 g/mol. The van der Waals surface area contributed by atoms with Crippen LogP contribution in [0.1, 0.15) is 43.6 Å². The standard InChI is InChI=1S/C20H21N3O.H2/c1-4-5-10-23-13-18(16-8-9-22-20(16)14(23)2)17-11-15(12-21)6-7-19(17)24-3;/h6-9,11,13,22H,2,4-5,10H2,1,3H3;1H. The zero-order valence-electron chi connectivity index (χ0n) is 14.1. The Balaban J connectivity index is 0.00000225. The first-order chi connectivity index (χ1) is 11.7. The number of unbranched alkanes of at least 4 members (excludes halogenated alkanes) is 1. The van der Waals surface area contributed by atoms with Gasteiger partial charge >= 0.3 is 0 Å². The Morgan fingerprint density at radius 2 is 2.17 bits per heavy atom. The number of nitriles is 1. The zero-order valence-corrected chi connectivity index (χ0v) is 14.1. The van der Waals surface area contributed by atoms with Crippen LogP contribution in [0.4, 0.5) is 0 Å². The summed E-state index contributed by atoms with van der Waals surface area (Å²) in [6, 6.07) is 9.76. The highest BCUT2D eigenvalue weighted by Crippen LogP contribution is 2.39. The first-order valence-electron chi connectivity index (χ1n) is 8.13. The highest BCUT2D eigenvalue weighted by atomic mass is 16.5. The number of rotatable bonds is 5. The van der Waals surface area contributed by atoms with E-state index in [0.29, 0.717) is 5.56 Å². The number of ether oxygens (including phenoxy) is 1. The van der Waals surface area contributed by atoms with Crippen LogP contribution < -0.4 is 4.74 Å². The second-order valence-electron chi connectivity index (χ2n) is 5.83. The molecule has 0 saturated carbocycles. The van der Waals surface area contributed by atoms with Crippen LogP contribution in [0.2, 0.25) is 0 Å². The molecule has 0 aliphatic carbocycles. The second-order valence-corrected chi connectivity index (χ2v) is 5.83. The van der Waals surface area contributed by atoms with E-state index in [1.165, 1.54) is 0 Å². The molecule has 3 rings (SSSR count). The van der Waals surface area contributed by atoms with Gasteiger partial charge in [-0.3, -0.25) is 0 Å². The Hall–Kier alpha value is -2.93. The molecule has 2 aromatic rings. The number of benzene rings is 1. The molecule has 24 heavy (non-hydrogen) atoms. The van der Waals surface area contributed by atoms with Crippen molar-refractivity contribution in [2.45, 2.75) is 19.8 Å². The minimum absolute atomic E-state index is 0. The molecule has 0 atom stereocenters. The fourth-order valence-corrected chi connectivity index (χ4v) is 3.01. The fourth-order valence-electron chi connectivity index (χ4n) is 3.01. The molecule has 124 valence electrons. The Morgan fingerprint density at radius 1 is 1.33 bits per heavy atom. The average Bonchev–Trinajstić information content (AvgIpc) is 3.11. The van der Waals surface area contributed by atoms with Gasteiger partial charge in [0.05, 0.1) is 30.1 Å². The lowest BCUT2D eigenvalue weighted by Gasteiger charge is -2.29. The SMILES string of the molecule is C=C1c2[nH]ccc2C(c2cc(C#N)ccc2OC)=CN1CCCC.[HH]. The van der Waals surface area contributed by atoms with Crippen molar-refractivity contribution in [3.63, 3.8) is 0 Å². The number of fused-ring (bicyclic) bond motifs is 1. The Labute approximate surface area is 144 Å². The quantitative estimate of drug-likeness (QED) is 0.874. The number of aromatic amines is 1. The largest absolute Gasteiger partial charge is 0.496 e. The van der Waals surface area contributed by atoms with Gasteiger partial charge < -0.3 is 14.6 Å². The lowest BCUT2D eigenvalue weighted by Crippen LogP contribution is -2.21. The number of hydrogen-bond donors (Lipinski definition) is 1. The molecule has 4 heteroatoms. The molecule has 1 N–H and O–H groups in total. The maximum absolute atomic E-state index is 9.25. The van der Waals surface area contributed by atoms with Crippen molar-refractivity contribution in [3.8, 4) is 11.8 Å². The van der Waals surface area contributed by atoms with E-state index in [9.17, 15) is 5.26 Å². The van der Waals surface area contributed by atoms with Gasteiger partial charge in [-0.1, -0.05) is 19.9 Å². The van der Waals surface area contributed by atoms with Gasteiger partial charge in [-0.25, -0.2) is 0 Å². The summed E-state index contributed by atoms with van der Waals surface area (Å²) in [4.78, 5) is 5.47. The molecule has 4 nitrogen and oxygen atoms in total. The van der Waals surface area contributed by atoms with Crippen molar-refractivity contribution in [2.75, 3.05) is 13.7 Å². The van der Waals surface area contributed by atoms with Crippen molar-refractivity contribution in [3.05, 3.63) is 65.6 Å². The molecule has 1 aliphatic rings. The molecule has 0 bridgehead atoms. The van der Waals surface area contributed by atoms with E-state index in [1.807, 2.05) is 24.4 Å². The monoisotopic (exact) mass is 321 g/mol. The normalized spacial score (nSPS) is 13.3. The number of nitrogens with zero attached hydrogens (tertiary/aromatic N) is 2. The summed E-state index contributed by atoms with van der Waals surface area (Å²) in [5, 5.41) is 9.25. The lowest BCUT2D eigenvalue weighted by atomic mass is 9.93. The number of aromatic nitrogens is 1. The summed E-state index contributed by atoms with van der Waals surface area (Å²) < 4.78 is 5.53. The molecule has 1 aliphatic heterocycles. The number of H-pyrrole nitrogens is 1. The zero-order chi connectivity index (χ0) is 17.1. The highest BCUT2D eigenvalue weighted by molar-refractivity contribution is 5.91. The van der Waals surface area contributed by atoms with Gasteiger partial charge in [0.2, 0.25) is 0 Å². The van der Waals surface area contributed by atoms with Crippen LogP contribution in [0.25, 0.3) is 11.3 Å². The van der Waals surface area contributed by atoms with E-state index < -0.39 is 0 Å². The highest BCUT2D eigenvalue weighted by Gasteiger charge is 2.24. The molecule has 0 spiro atoms. The van der Waals surface area contributed by atoms with Gasteiger partial charge in [0.1, 0.15) is 5.75 Å². The van der Waals surface area contributed by atoms with Crippen LogP contribution in [0.15, 0.2) is 43.2 Å². The third kappa shape index (κ3) is 2.69. The Kier molecular flexibility index (Phi) is 4.43. The van der Waals surface area contributed by atoms with E-state index in [2.05, 4.69) is 35.7 Å². The van der Waals surface area contributed by atoms with Crippen molar-refractivity contribution in [2.24, 2.45) is 0 Å². The molecule has 0 amide bonds. The molecule has 2 heterocycles. The first-order valence-corrected chi connectivity index (χ1v) is 8.13. The van der Waals surface area contributed by atoms with Gasteiger partial charge in [-0.05, 0) is 30.7 Å². The van der Waals surface area contributed by atoms with Crippen LogP contribution >= 0.6 is 0 Å². The summed E-state index contributed by atoms with van der Waals surface area (Å²) in [7, 11) is 1.65. The molecule has 1 aromatic heterocycles. The van der Waals surface area contributed by atoms with E-state index in [0.717, 1.165) is 53.2 Å². The third-order valence-corrected chi connectivity index (χ3v) is 4.33. The summed E-state index contributed by atoms with van der Waals surface area (Å²) in [5.74, 6) is 0.760. The van der Waals surface area contributed by atoms with Gasteiger partial charge in [-0.2, -0.15) is 5.26 Å². The fraction of sp³-hybridized carbons (Fsp3) is 0.250. The summed E-state index contributed by atoms with van der Waals surface area (Å²) in [5.41, 5.74) is 5.67. The van der Waals surface area contributed by atoms with E-state index >= 15 is 0 Å². The number of nitrogens with one attached hydrogen (secondary N) is 1. The van der Waals surface area contributed by atoms with Crippen molar-refractivity contribution < 1.29 is 6.16 Å². The van der Waals surface area contributed by atoms with Gasteiger partial charge in [-0.15, -0.1) is 0 Å². The lowest BCUT2D eigenvalue weighted by molar-refractivity contribution is 0.413. The van der Waals surface area contributed by atoms with Crippen molar-refractivity contribution in [1.82, 2.24) is 9.88 Å². The predicted molar refractivity (Wildman–Crippen MR) is 98.3 cm³/mol. The summed E-state index contributed by atoms with van der Waals surface area (Å²) in [6.07, 6.45) is 6.26. The topological polar surface area (TPSA) is 52.1 Å². The molecule has 0 saturated heterocycles. The number of methoxy groups -OCH3 is 1. The van der Waals surface area contributed by atoms with Gasteiger partial charge in [0.25, 0.3) is 0 Å². The minimum Gasteiger partial charge on any atom is -0.496 e. The Bertz CT molecular complexity index is 845. The first kappa shape index (κ1) is 15.9. The van der Waals surface area contributed by atoms with Crippen LogP contribution in [-0.4, -0.2) is 23.5 Å².